The standard InChI is InChI=1S/C25H29F2N3O3S2/c1-17-4-2-10-29(14-17)35(31,32)21-7-9-24-23(13-21)28-25(30(24)15-20-5-3-11-33-20)34-16-18-12-19(26)6-8-22(18)27/h6-9,12-13,17,20H,2-5,10-11,14-16H2,1H3/t17-,20-/m1/s1. The summed E-state index contributed by atoms with van der Waals surface area (Å²) in [6.45, 7) is 4.40. The lowest BCUT2D eigenvalue weighted by molar-refractivity contribution is 0.0960. The van der Waals surface area contributed by atoms with E-state index in [0.717, 1.165) is 43.3 Å². The fraction of sp³-hybridized carbons (Fsp3) is 0.480. The van der Waals surface area contributed by atoms with E-state index in [1.54, 1.807) is 22.5 Å². The summed E-state index contributed by atoms with van der Waals surface area (Å²) in [6, 6.07) is 8.48. The molecular weight excluding hydrogens is 492 g/mol. The number of hydrogen-bond acceptors (Lipinski definition) is 5. The van der Waals surface area contributed by atoms with Crippen LogP contribution in [0.25, 0.3) is 11.0 Å². The van der Waals surface area contributed by atoms with Crippen LogP contribution < -0.4 is 0 Å². The molecule has 2 aliphatic rings. The van der Waals surface area contributed by atoms with Crippen LogP contribution in [0.5, 0.6) is 0 Å². The van der Waals surface area contributed by atoms with Crippen molar-refractivity contribution < 1.29 is 21.9 Å². The smallest absolute Gasteiger partial charge is 0.243 e. The van der Waals surface area contributed by atoms with Crippen LogP contribution in [0.4, 0.5) is 8.78 Å². The minimum atomic E-state index is -3.62. The second kappa shape index (κ2) is 10.2. The molecule has 0 radical (unpaired) electrons. The first-order chi connectivity index (χ1) is 16.8. The SMILES string of the molecule is C[C@@H]1CCCN(S(=O)(=O)c2ccc3c(c2)nc(SCc2cc(F)ccc2F)n3C[C@H]2CCCO2)C1. The maximum Gasteiger partial charge on any atom is 0.243 e. The summed E-state index contributed by atoms with van der Waals surface area (Å²) in [7, 11) is -3.62. The molecule has 2 aliphatic heterocycles. The molecule has 188 valence electrons. The molecule has 2 saturated heterocycles. The van der Waals surface area contributed by atoms with Gasteiger partial charge in [-0.05, 0) is 68.0 Å². The Morgan fingerprint density at radius 3 is 2.77 bits per heavy atom. The van der Waals surface area contributed by atoms with E-state index in [2.05, 4.69) is 6.92 Å². The van der Waals surface area contributed by atoms with Crippen LogP contribution in [0, 0.1) is 17.6 Å². The molecule has 2 aromatic carbocycles. The highest BCUT2D eigenvalue weighted by Gasteiger charge is 2.29. The summed E-state index contributed by atoms with van der Waals surface area (Å²) in [6.07, 6.45) is 3.85. The molecule has 1 aromatic heterocycles. The van der Waals surface area contributed by atoms with E-state index >= 15 is 0 Å². The molecule has 0 aliphatic carbocycles. The Bertz CT molecular complexity index is 1320. The van der Waals surface area contributed by atoms with Crippen molar-refractivity contribution in [3.8, 4) is 0 Å². The lowest BCUT2D eigenvalue weighted by Gasteiger charge is -2.30. The Hall–Kier alpha value is -2.01. The number of ether oxygens (including phenoxy) is 1. The highest BCUT2D eigenvalue weighted by molar-refractivity contribution is 7.98. The zero-order valence-electron chi connectivity index (χ0n) is 19.6. The number of hydrogen-bond donors (Lipinski definition) is 0. The van der Waals surface area contributed by atoms with E-state index < -0.39 is 21.7 Å². The summed E-state index contributed by atoms with van der Waals surface area (Å²) >= 11 is 1.30. The van der Waals surface area contributed by atoms with Crippen LogP contribution >= 0.6 is 11.8 Å². The average Bonchev–Trinajstić information content (AvgIpc) is 3.47. The molecule has 0 saturated carbocycles. The van der Waals surface area contributed by atoms with Crippen molar-refractivity contribution in [3.05, 3.63) is 53.6 Å². The monoisotopic (exact) mass is 521 g/mol. The number of thioether (sulfide) groups is 1. The molecule has 0 spiro atoms. The van der Waals surface area contributed by atoms with E-state index in [-0.39, 0.29) is 22.3 Å². The number of piperidine rings is 1. The number of imidazole rings is 1. The average molecular weight is 522 g/mol. The van der Waals surface area contributed by atoms with Crippen LogP contribution in [0.1, 0.15) is 38.2 Å². The number of rotatable bonds is 7. The normalized spacial score (nSPS) is 21.7. The van der Waals surface area contributed by atoms with E-state index in [0.29, 0.717) is 42.8 Å². The van der Waals surface area contributed by atoms with Gasteiger partial charge in [0.1, 0.15) is 11.6 Å². The van der Waals surface area contributed by atoms with Gasteiger partial charge < -0.3 is 9.30 Å². The van der Waals surface area contributed by atoms with Gasteiger partial charge >= 0.3 is 0 Å². The Kier molecular flexibility index (Phi) is 7.16. The van der Waals surface area contributed by atoms with Crippen molar-refractivity contribution in [2.75, 3.05) is 19.7 Å². The number of aromatic nitrogens is 2. The molecule has 5 rings (SSSR count). The Morgan fingerprint density at radius 2 is 2.00 bits per heavy atom. The van der Waals surface area contributed by atoms with Gasteiger partial charge in [0.2, 0.25) is 10.0 Å². The first-order valence-corrected chi connectivity index (χ1v) is 14.4. The third-order valence-electron chi connectivity index (χ3n) is 6.72. The molecule has 3 aromatic rings. The number of fused-ring (bicyclic) bond motifs is 1. The third kappa shape index (κ3) is 5.26. The molecule has 0 amide bonds. The Labute approximate surface area is 208 Å². The van der Waals surface area contributed by atoms with E-state index in [9.17, 15) is 17.2 Å². The highest BCUT2D eigenvalue weighted by atomic mass is 32.2. The maximum absolute atomic E-state index is 14.2. The summed E-state index contributed by atoms with van der Waals surface area (Å²) in [5.41, 5.74) is 1.62. The second-order valence-corrected chi connectivity index (χ2v) is 12.3. The molecule has 2 atom stereocenters. The molecule has 3 heterocycles. The molecule has 0 bridgehead atoms. The Balaban J connectivity index is 1.48. The molecular formula is C25H29F2N3O3S2. The molecule has 10 heteroatoms. The van der Waals surface area contributed by atoms with Gasteiger partial charge in [-0.2, -0.15) is 4.31 Å². The van der Waals surface area contributed by atoms with Gasteiger partial charge in [0.05, 0.1) is 28.6 Å². The summed E-state index contributed by atoms with van der Waals surface area (Å²) < 4.78 is 63.9. The van der Waals surface area contributed by atoms with E-state index in [1.165, 1.54) is 17.8 Å². The zero-order valence-corrected chi connectivity index (χ0v) is 21.3. The molecule has 0 unspecified atom stereocenters. The van der Waals surface area contributed by atoms with E-state index in [1.807, 2.05) is 4.57 Å². The van der Waals surface area contributed by atoms with Gasteiger partial charge in [-0.1, -0.05) is 18.7 Å². The van der Waals surface area contributed by atoms with Crippen molar-refractivity contribution in [1.29, 1.82) is 0 Å². The summed E-state index contributed by atoms with van der Waals surface area (Å²) in [5.74, 6) is -0.421. The molecule has 2 fully saturated rings. The van der Waals surface area contributed by atoms with Gasteiger partial charge in [-0.3, -0.25) is 0 Å². The van der Waals surface area contributed by atoms with Gasteiger partial charge in [-0.25, -0.2) is 22.2 Å². The molecule has 0 N–H and O–H groups in total. The first kappa shape index (κ1) is 24.7. The lowest BCUT2D eigenvalue weighted by atomic mass is 10.0. The van der Waals surface area contributed by atoms with Crippen LogP contribution in [-0.4, -0.2) is 48.1 Å². The zero-order chi connectivity index (χ0) is 24.6. The number of halogens is 2. The fourth-order valence-corrected chi connectivity index (χ4v) is 7.45. The van der Waals surface area contributed by atoms with Crippen molar-refractivity contribution >= 4 is 32.8 Å². The first-order valence-electron chi connectivity index (χ1n) is 12.0. The topological polar surface area (TPSA) is 64.4 Å². The van der Waals surface area contributed by atoms with Gasteiger partial charge in [0, 0.05) is 31.0 Å². The second-order valence-electron chi connectivity index (χ2n) is 9.43. The van der Waals surface area contributed by atoms with Gasteiger partial charge in [0.15, 0.2) is 5.16 Å². The minimum Gasteiger partial charge on any atom is -0.376 e. The highest BCUT2D eigenvalue weighted by Crippen LogP contribution is 2.32. The van der Waals surface area contributed by atoms with Crippen LogP contribution in [0.15, 0.2) is 46.5 Å². The van der Waals surface area contributed by atoms with Crippen LogP contribution in [0.2, 0.25) is 0 Å². The van der Waals surface area contributed by atoms with E-state index in [4.69, 9.17) is 9.72 Å². The van der Waals surface area contributed by atoms with Crippen molar-refractivity contribution in [1.82, 2.24) is 13.9 Å². The largest absolute Gasteiger partial charge is 0.376 e. The number of nitrogens with zero attached hydrogens (tertiary/aromatic N) is 3. The van der Waals surface area contributed by atoms with Gasteiger partial charge in [0.25, 0.3) is 0 Å². The Morgan fingerprint density at radius 1 is 1.14 bits per heavy atom. The van der Waals surface area contributed by atoms with Crippen LogP contribution in [-0.2, 0) is 27.1 Å². The quantitative estimate of drug-likeness (QED) is 0.400. The predicted octanol–water partition coefficient (Wildman–Crippen LogP) is 5.21. The fourth-order valence-electron chi connectivity index (χ4n) is 4.84. The third-order valence-corrected chi connectivity index (χ3v) is 9.60. The minimum absolute atomic E-state index is 0.0379. The van der Waals surface area contributed by atoms with Gasteiger partial charge in [-0.15, -0.1) is 0 Å². The van der Waals surface area contributed by atoms with Crippen molar-refractivity contribution in [3.63, 3.8) is 0 Å². The summed E-state index contributed by atoms with van der Waals surface area (Å²) in [4.78, 5) is 4.96. The van der Waals surface area contributed by atoms with Crippen LogP contribution in [0.3, 0.4) is 0 Å². The van der Waals surface area contributed by atoms with Crippen molar-refractivity contribution in [2.45, 2.75) is 61.1 Å². The number of benzene rings is 2. The number of sulfonamides is 1. The molecule has 6 nitrogen and oxygen atoms in total. The molecule has 35 heavy (non-hydrogen) atoms. The lowest BCUT2D eigenvalue weighted by Crippen LogP contribution is -2.39. The maximum atomic E-state index is 14.2. The summed E-state index contributed by atoms with van der Waals surface area (Å²) in [5, 5.41) is 0.625. The van der Waals surface area contributed by atoms with Crippen molar-refractivity contribution in [2.24, 2.45) is 5.92 Å². The predicted molar refractivity (Wildman–Crippen MR) is 132 cm³/mol.